The minimum atomic E-state index is -0.319. The third kappa shape index (κ3) is 6.06. The van der Waals surface area contributed by atoms with Gasteiger partial charge in [-0.2, -0.15) is 0 Å². The smallest absolute Gasteiger partial charge is 0.276 e. The van der Waals surface area contributed by atoms with E-state index >= 15 is 0 Å². The average Bonchev–Trinajstić information content (AvgIpc) is 3.27. The standard InChI is InChI=1S/C26H23N5O2/c1-31-19-28-17-23(31)10-9-20-5-4-6-22(15-20)18-33-30-26(32)24-7-2-3-8-25(24)29-16-21-11-13-27-14-12-21/h2-8,11-15,17,19,29H,16,18H2,1H3,(H,30,32). The molecule has 0 saturated carbocycles. The number of benzene rings is 2. The number of carbonyl (C=O) groups excluding carboxylic acids is 1. The van der Waals surface area contributed by atoms with Crippen molar-refractivity contribution >= 4 is 11.6 Å². The molecule has 1 amide bonds. The molecule has 2 heterocycles. The van der Waals surface area contributed by atoms with Crippen LogP contribution in [0.25, 0.3) is 0 Å². The molecule has 7 heteroatoms. The number of hydrogen-bond acceptors (Lipinski definition) is 5. The van der Waals surface area contributed by atoms with E-state index in [1.165, 1.54) is 0 Å². The third-order valence-electron chi connectivity index (χ3n) is 4.89. The number of aryl methyl sites for hydroxylation is 1. The van der Waals surface area contributed by atoms with Crippen molar-refractivity contribution in [2.24, 2.45) is 7.05 Å². The van der Waals surface area contributed by atoms with Gasteiger partial charge in [-0.3, -0.25) is 14.6 Å². The van der Waals surface area contributed by atoms with Crippen LogP contribution in [0.3, 0.4) is 0 Å². The summed E-state index contributed by atoms with van der Waals surface area (Å²) in [5.41, 5.74) is 7.42. The van der Waals surface area contributed by atoms with Gasteiger partial charge in [-0.05, 0) is 53.4 Å². The first-order chi connectivity index (χ1) is 16.2. The summed E-state index contributed by atoms with van der Waals surface area (Å²) in [6.45, 7) is 0.805. The molecule has 0 atom stereocenters. The fourth-order valence-electron chi connectivity index (χ4n) is 3.13. The molecule has 0 aliphatic heterocycles. The SMILES string of the molecule is Cn1cncc1C#Cc1cccc(CONC(=O)c2ccccc2NCc2ccncc2)c1. The topological polar surface area (TPSA) is 81.1 Å². The minimum Gasteiger partial charge on any atom is -0.380 e. The van der Waals surface area contributed by atoms with Crippen LogP contribution < -0.4 is 10.8 Å². The molecule has 2 aromatic heterocycles. The zero-order valence-electron chi connectivity index (χ0n) is 18.2. The maximum Gasteiger partial charge on any atom is 0.276 e. The number of hydrogen-bond donors (Lipinski definition) is 2. The second-order valence-electron chi connectivity index (χ2n) is 7.31. The number of para-hydroxylation sites is 1. The third-order valence-corrected chi connectivity index (χ3v) is 4.89. The number of anilines is 1. The number of imidazole rings is 1. The predicted molar refractivity (Wildman–Crippen MR) is 126 cm³/mol. The molecule has 0 spiro atoms. The van der Waals surface area contributed by atoms with Gasteiger partial charge in [0.15, 0.2) is 0 Å². The number of aromatic nitrogens is 3. The fourth-order valence-corrected chi connectivity index (χ4v) is 3.13. The Morgan fingerprint density at radius 3 is 2.67 bits per heavy atom. The second kappa shape index (κ2) is 10.8. The maximum atomic E-state index is 12.7. The van der Waals surface area contributed by atoms with Gasteiger partial charge in [0, 0.05) is 37.2 Å². The lowest BCUT2D eigenvalue weighted by molar-refractivity contribution is 0.0234. The van der Waals surface area contributed by atoms with Crippen LogP contribution in [0, 0.1) is 11.8 Å². The van der Waals surface area contributed by atoms with Gasteiger partial charge in [0.05, 0.1) is 24.7 Å². The van der Waals surface area contributed by atoms with Gasteiger partial charge in [-0.1, -0.05) is 30.2 Å². The van der Waals surface area contributed by atoms with Crippen LogP contribution in [-0.2, 0) is 25.0 Å². The van der Waals surface area contributed by atoms with Gasteiger partial charge in [0.2, 0.25) is 0 Å². The van der Waals surface area contributed by atoms with Crippen molar-refractivity contribution in [1.82, 2.24) is 20.0 Å². The van der Waals surface area contributed by atoms with E-state index < -0.39 is 0 Å². The molecule has 0 fully saturated rings. The zero-order valence-corrected chi connectivity index (χ0v) is 18.2. The quantitative estimate of drug-likeness (QED) is 0.341. The molecule has 0 unspecified atom stereocenters. The lowest BCUT2D eigenvalue weighted by Crippen LogP contribution is -2.24. The molecule has 4 rings (SSSR count). The summed E-state index contributed by atoms with van der Waals surface area (Å²) in [6.07, 6.45) is 6.91. The highest BCUT2D eigenvalue weighted by Gasteiger charge is 2.11. The molecule has 33 heavy (non-hydrogen) atoms. The first-order valence-electron chi connectivity index (χ1n) is 10.4. The number of amides is 1. The molecule has 2 aromatic carbocycles. The monoisotopic (exact) mass is 437 g/mol. The number of rotatable bonds is 7. The number of nitrogens with zero attached hydrogens (tertiary/aromatic N) is 3. The molecule has 4 aromatic rings. The van der Waals surface area contributed by atoms with E-state index in [-0.39, 0.29) is 12.5 Å². The van der Waals surface area contributed by atoms with Crippen LogP contribution in [0.1, 0.15) is 32.7 Å². The Labute approximate surface area is 192 Å². The Balaban J connectivity index is 1.34. The summed E-state index contributed by atoms with van der Waals surface area (Å²) in [6, 6.07) is 18.8. The lowest BCUT2D eigenvalue weighted by Gasteiger charge is -2.12. The van der Waals surface area contributed by atoms with Crippen LogP contribution in [0.4, 0.5) is 5.69 Å². The van der Waals surface area contributed by atoms with Gasteiger partial charge in [-0.25, -0.2) is 10.5 Å². The molecule has 2 N–H and O–H groups in total. The maximum absolute atomic E-state index is 12.7. The largest absolute Gasteiger partial charge is 0.380 e. The normalized spacial score (nSPS) is 10.2. The van der Waals surface area contributed by atoms with E-state index in [9.17, 15) is 4.79 Å². The Morgan fingerprint density at radius 2 is 1.85 bits per heavy atom. The Morgan fingerprint density at radius 1 is 1.00 bits per heavy atom. The van der Waals surface area contributed by atoms with Crippen molar-refractivity contribution in [1.29, 1.82) is 0 Å². The molecule has 0 aliphatic rings. The van der Waals surface area contributed by atoms with E-state index in [1.807, 2.05) is 66.2 Å². The number of carbonyl (C=O) groups is 1. The van der Waals surface area contributed by atoms with Crippen LogP contribution in [0.15, 0.2) is 85.6 Å². The Bertz CT molecular complexity index is 1290. The van der Waals surface area contributed by atoms with Crippen LogP contribution in [0.2, 0.25) is 0 Å². The summed E-state index contributed by atoms with van der Waals surface area (Å²) < 4.78 is 1.86. The van der Waals surface area contributed by atoms with Crippen molar-refractivity contribution in [3.8, 4) is 11.8 Å². The van der Waals surface area contributed by atoms with Gasteiger partial charge >= 0.3 is 0 Å². The molecule has 0 radical (unpaired) electrons. The fraction of sp³-hybridized carbons (Fsp3) is 0.115. The Hall–Kier alpha value is -4.41. The van der Waals surface area contributed by atoms with Crippen LogP contribution in [-0.4, -0.2) is 20.4 Å². The van der Waals surface area contributed by atoms with Gasteiger partial charge in [0.25, 0.3) is 5.91 Å². The highest BCUT2D eigenvalue weighted by Crippen LogP contribution is 2.16. The minimum absolute atomic E-state index is 0.222. The van der Waals surface area contributed by atoms with Crippen molar-refractivity contribution in [2.45, 2.75) is 13.2 Å². The lowest BCUT2D eigenvalue weighted by atomic mass is 10.1. The van der Waals surface area contributed by atoms with E-state index in [4.69, 9.17) is 4.84 Å². The predicted octanol–water partition coefficient (Wildman–Crippen LogP) is 3.69. The summed E-state index contributed by atoms with van der Waals surface area (Å²) >= 11 is 0. The molecular formula is C26H23N5O2. The number of nitrogens with one attached hydrogen (secondary N) is 2. The molecule has 164 valence electrons. The zero-order chi connectivity index (χ0) is 22.9. The van der Waals surface area contributed by atoms with E-state index in [1.54, 1.807) is 31.0 Å². The summed E-state index contributed by atoms with van der Waals surface area (Å²) in [5, 5.41) is 3.29. The summed E-state index contributed by atoms with van der Waals surface area (Å²) in [5.74, 6) is 5.89. The molecular weight excluding hydrogens is 414 g/mol. The van der Waals surface area contributed by atoms with Crippen molar-refractivity contribution in [3.05, 3.63) is 114 Å². The number of hydroxylamine groups is 1. The number of pyridine rings is 1. The second-order valence-corrected chi connectivity index (χ2v) is 7.31. The molecule has 0 bridgehead atoms. The average molecular weight is 438 g/mol. The first kappa shape index (κ1) is 21.8. The van der Waals surface area contributed by atoms with Crippen molar-refractivity contribution < 1.29 is 9.63 Å². The highest BCUT2D eigenvalue weighted by molar-refractivity contribution is 5.99. The van der Waals surface area contributed by atoms with Crippen LogP contribution in [0.5, 0.6) is 0 Å². The first-order valence-corrected chi connectivity index (χ1v) is 10.4. The van der Waals surface area contributed by atoms with Gasteiger partial charge < -0.3 is 9.88 Å². The Kier molecular flexibility index (Phi) is 7.11. The van der Waals surface area contributed by atoms with Crippen molar-refractivity contribution in [2.75, 3.05) is 5.32 Å². The van der Waals surface area contributed by atoms with Gasteiger partial charge in [0.1, 0.15) is 5.69 Å². The van der Waals surface area contributed by atoms with E-state index in [0.29, 0.717) is 12.1 Å². The van der Waals surface area contributed by atoms with Crippen LogP contribution >= 0.6 is 0 Å². The molecule has 0 saturated heterocycles. The van der Waals surface area contributed by atoms with E-state index in [0.717, 1.165) is 28.1 Å². The summed E-state index contributed by atoms with van der Waals surface area (Å²) in [7, 11) is 1.90. The molecule has 0 aliphatic carbocycles. The van der Waals surface area contributed by atoms with Crippen molar-refractivity contribution in [3.63, 3.8) is 0 Å². The van der Waals surface area contributed by atoms with Gasteiger partial charge in [-0.15, -0.1) is 0 Å². The molecule has 7 nitrogen and oxygen atoms in total. The highest BCUT2D eigenvalue weighted by atomic mass is 16.6. The summed E-state index contributed by atoms with van der Waals surface area (Å²) in [4.78, 5) is 26.2. The van der Waals surface area contributed by atoms with E-state index in [2.05, 4.69) is 32.6 Å².